The second kappa shape index (κ2) is 10.4. The lowest BCUT2D eigenvalue weighted by molar-refractivity contribution is -0.142. The van der Waals surface area contributed by atoms with Crippen molar-refractivity contribution in [3.05, 3.63) is 0 Å². The molecule has 3 fully saturated rings. The van der Waals surface area contributed by atoms with Crippen molar-refractivity contribution in [2.24, 2.45) is 5.92 Å². The van der Waals surface area contributed by atoms with Crippen molar-refractivity contribution in [2.45, 2.75) is 64.0 Å². The molecule has 0 aromatic carbocycles. The van der Waals surface area contributed by atoms with E-state index in [1.165, 1.54) is 39.2 Å². The molecule has 160 valence electrons. The van der Waals surface area contributed by atoms with Gasteiger partial charge in [0.1, 0.15) is 0 Å². The first-order valence-electron chi connectivity index (χ1n) is 11.1. The zero-order valence-electron chi connectivity index (χ0n) is 17.6. The molecule has 0 saturated carbocycles. The minimum absolute atomic E-state index is 0.117. The highest BCUT2D eigenvalue weighted by molar-refractivity contribution is 5.71. The van der Waals surface area contributed by atoms with Crippen LogP contribution in [0.3, 0.4) is 0 Å². The molecule has 7 nitrogen and oxygen atoms in total. The number of esters is 1. The summed E-state index contributed by atoms with van der Waals surface area (Å²) in [4.78, 5) is 30.6. The predicted octanol–water partition coefficient (Wildman–Crippen LogP) is 2.35. The largest absolute Gasteiger partial charge is 0.468 e. The number of likely N-dealkylation sites (tertiary alicyclic amines) is 3. The van der Waals surface area contributed by atoms with E-state index in [4.69, 9.17) is 9.47 Å². The predicted molar refractivity (Wildman–Crippen MR) is 107 cm³/mol. The molecule has 7 heteroatoms. The molecule has 2 unspecified atom stereocenters. The Kier molecular flexibility index (Phi) is 7.97. The fourth-order valence-electron chi connectivity index (χ4n) is 5.32. The van der Waals surface area contributed by atoms with E-state index in [9.17, 15) is 9.59 Å². The molecule has 0 spiro atoms. The van der Waals surface area contributed by atoms with E-state index < -0.39 is 0 Å². The summed E-state index contributed by atoms with van der Waals surface area (Å²) in [5.74, 6) is 0.569. The van der Waals surface area contributed by atoms with Crippen molar-refractivity contribution >= 4 is 12.1 Å². The molecule has 3 saturated heterocycles. The molecule has 28 heavy (non-hydrogen) atoms. The fraction of sp³-hybridized carbons (Fsp3) is 0.905. The number of amides is 1. The van der Waals surface area contributed by atoms with Gasteiger partial charge in [-0.25, -0.2) is 4.79 Å². The van der Waals surface area contributed by atoms with Gasteiger partial charge < -0.3 is 19.3 Å². The summed E-state index contributed by atoms with van der Waals surface area (Å²) >= 11 is 0. The SMILES string of the molecule is CCOC(=O)N1CCCC(N2CCC(C3CCCN3CC(=O)OC)CC2)CC1. The van der Waals surface area contributed by atoms with Gasteiger partial charge in [-0.2, -0.15) is 0 Å². The van der Waals surface area contributed by atoms with Crippen LogP contribution in [0.15, 0.2) is 0 Å². The van der Waals surface area contributed by atoms with E-state index in [0.717, 1.165) is 45.6 Å². The maximum absolute atomic E-state index is 12.0. The highest BCUT2D eigenvalue weighted by atomic mass is 16.6. The molecule has 0 aromatic rings. The van der Waals surface area contributed by atoms with E-state index in [2.05, 4.69) is 9.80 Å². The smallest absolute Gasteiger partial charge is 0.409 e. The summed E-state index contributed by atoms with van der Waals surface area (Å²) in [7, 11) is 1.47. The highest BCUT2D eigenvalue weighted by Gasteiger charge is 2.36. The maximum atomic E-state index is 12.0. The summed E-state index contributed by atoms with van der Waals surface area (Å²) in [5, 5.41) is 0. The van der Waals surface area contributed by atoms with Crippen molar-refractivity contribution in [1.82, 2.24) is 14.7 Å². The van der Waals surface area contributed by atoms with Crippen LogP contribution in [-0.2, 0) is 14.3 Å². The van der Waals surface area contributed by atoms with Crippen LogP contribution in [-0.4, -0.2) is 91.8 Å². The van der Waals surface area contributed by atoms with Crippen LogP contribution < -0.4 is 0 Å². The van der Waals surface area contributed by atoms with Crippen LogP contribution in [0.5, 0.6) is 0 Å². The molecule has 3 aliphatic heterocycles. The standard InChI is InChI=1S/C21H37N3O4/c1-3-28-21(26)23-11-4-6-18(10-15-23)22-13-8-17(9-14-22)19-7-5-12-24(19)16-20(25)27-2/h17-19H,3-16H2,1-2H3. The van der Waals surface area contributed by atoms with Crippen LogP contribution >= 0.6 is 0 Å². The third kappa shape index (κ3) is 5.38. The van der Waals surface area contributed by atoms with Crippen molar-refractivity contribution in [3.63, 3.8) is 0 Å². The summed E-state index contributed by atoms with van der Waals surface area (Å²) < 4.78 is 10.0. The van der Waals surface area contributed by atoms with E-state index in [1.807, 2.05) is 11.8 Å². The Bertz CT molecular complexity index is 522. The quantitative estimate of drug-likeness (QED) is 0.666. The van der Waals surface area contributed by atoms with Crippen LogP contribution in [0.25, 0.3) is 0 Å². The molecule has 3 heterocycles. The second-order valence-corrected chi connectivity index (χ2v) is 8.40. The second-order valence-electron chi connectivity index (χ2n) is 8.40. The van der Waals surface area contributed by atoms with Crippen LogP contribution in [0.2, 0.25) is 0 Å². The Morgan fingerprint density at radius 1 is 0.929 bits per heavy atom. The topological polar surface area (TPSA) is 62.3 Å². The molecule has 0 aliphatic carbocycles. The summed E-state index contributed by atoms with van der Waals surface area (Å²) in [5.41, 5.74) is 0. The van der Waals surface area contributed by atoms with Crippen LogP contribution in [0, 0.1) is 5.92 Å². The number of carbonyl (C=O) groups excluding carboxylic acids is 2. The minimum atomic E-state index is -0.159. The highest BCUT2D eigenvalue weighted by Crippen LogP contribution is 2.32. The van der Waals surface area contributed by atoms with Gasteiger partial charge in [0, 0.05) is 25.2 Å². The lowest BCUT2D eigenvalue weighted by Crippen LogP contribution is -2.47. The average molecular weight is 396 g/mol. The van der Waals surface area contributed by atoms with Crippen molar-refractivity contribution < 1.29 is 19.1 Å². The molecule has 0 aromatic heterocycles. The Balaban J connectivity index is 1.46. The third-order valence-electron chi connectivity index (χ3n) is 6.83. The normalized spacial score (nSPS) is 28.1. The van der Waals surface area contributed by atoms with Crippen molar-refractivity contribution in [1.29, 1.82) is 0 Å². The number of carbonyl (C=O) groups is 2. The molecule has 3 aliphatic rings. The van der Waals surface area contributed by atoms with Gasteiger partial charge in [0.2, 0.25) is 0 Å². The Morgan fingerprint density at radius 2 is 1.68 bits per heavy atom. The number of ether oxygens (including phenoxy) is 2. The first kappa shape index (κ1) is 21.4. The van der Waals surface area contributed by atoms with Gasteiger partial charge in [0.05, 0.1) is 20.3 Å². The van der Waals surface area contributed by atoms with Gasteiger partial charge in [-0.1, -0.05) is 0 Å². The van der Waals surface area contributed by atoms with Crippen molar-refractivity contribution in [2.75, 3.05) is 53.0 Å². The van der Waals surface area contributed by atoms with Crippen LogP contribution in [0.1, 0.15) is 51.9 Å². The van der Waals surface area contributed by atoms with E-state index >= 15 is 0 Å². The third-order valence-corrected chi connectivity index (χ3v) is 6.83. The minimum Gasteiger partial charge on any atom is -0.468 e. The van der Waals surface area contributed by atoms with E-state index in [0.29, 0.717) is 31.2 Å². The Labute approximate surface area is 169 Å². The number of rotatable bonds is 5. The maximum Gasteiger partial charge on any atom is 0.409 e. The molecule has 0 radical (unpaired) electrons. The monoisotopic (exact) mass is 395 g/mol. The number of hydrogen-bond donors (Lipinski definition) is 0. The van der Waals surface area contributed by atoms with Crippen molar-refractivity contribution in [3.8, 4) is 0 Å². The molecular formula is C21H37N3O4. The van der Waals surface area contributed by atoms with Gasteiger partial charge in [-0.3, -0.25) is 9.69 Å². The average Bonchev–Trinajstić information content (AvgIpc) is 3.02. The Morgan fingerprint density at radius 3 is 2.39 bits per heavy atom. The number of methoxy groups -OCH3 is 1. The number of hydrogen-bond acceptors (Lipinski definition) is 6. The van der Waals surface area contributed by atoms with E-state index in [-0.39, 0.29) is 12.1 Å². The molecule has 1 amide bonds. The molecular weight excluding hydrogens is 358 g/mol. The first-order chi connectivity index (χ1) is 13.6. The van der Waals surface area contributed by atoms with Gasteiger partial charge >= 0.3 is 12.1 Å². The summed E-state index contributed by atoms with van der Waals surface area (Å²) in [6.45, 7) is 7.66. The first-order valence-corrected chi connectivity index (χ1v) is 11.1. The van der Waals surface area contributed by atoms with Gasteiger partial charge in [0.15, 0.2) is 0 Å². The Hall–Kier alpha value is -1.34. The van der Waals surface area contributed by atoms with Crippen LogP contribution in [0.4, 0.5) is 4.79 Å². The molecule has 3 rings (SSSR count). The molecule has 0 N–H and O–H groups in total. The van der Waals surface area contributed by atoms with Gasteiger partial charge in [-0.05, 0) is 77.4 Å². The lowest BCUT2D eigenvalue weighted by Gasteiger charge is -2.41. The zero-order valence-corrected chi connectivity index (χ0v) is 17.6. The molecule has 0 bridgehead atoms. The molecule has 2 atom stereocenters. The summed E-state index contributed by atoms with van der Waals surface area (Å²) in [6, 6.07) is 1.12. The summed E-state index contributed by atoms with van der Waals surface area (Å²) in [6.07, 6.45) is 7.92. The lowest BCUT2D eigenvalue weighted by atomic mass is 9.87. The number of nitrogens with zero attached hydrogens (tertiary/aromatic N) is 3. The fourth-order valence-corrected chi connectivity index (χ4v) is 5.32. The zero-order chi connectivity index (χ0) is 19.9. The van der Waals surface area contributed by atoms with Gasteiger partial charge in [0.25, 0.3) is 0 Å². The number of piperidine rings is 1. The van der Waals surface area contributed by atoms with Gasteiger partial charge in [-0.15, -0.1) is 0 Å². The van der Waals surface area contributed by atoms with E-state index in [1.54, 1.807) is 0 Å².